The molecule has 0 aromatic carbocycles. The van der Waals surface area contributed by atoms with Gasteiger partial charge in [0.1, 0.15) is 10.1 Å². The predicted molar refractivity (Wildman–Crippen MR) is 129 cm³/mol. The van der Waals surface area contributed by atoms with E-state index in [-0.39, 0.29) is 10.6 Å². The Morgan fingerprint density at radius 1 is 1.29 bits per heavy atom. The van der Waals surface area contributed by atoms with E-state index < -0.39 is 11.5 Å². The molecule has 0 spiro atoms. The van der Waals surface area contributed by atoms with Gasteiger partial charge in [-0.25, -0.2) is 13.8 Å². The fourth-order valence-electron chi connectivity index (χ4n) is 3.51. The number of anilines is 1. The van der Waals surface area contributed by atoms with Gasteiger partial charge in [-0.15, -0.1) is 0 Å². The lowest BCUT2D eigenvalue weighted by molar-refractivity contribution is 0.228. The van der Waals surface area contributed by atoms with Crippen LogP contribution in [-0.4, -0.2) is 56.0 Å². The highest BCUT2D eigenvalue weighted by molar-refractivity contribution is 8.26. The van der Waals surface area contributed by atoms with Crippen LogP contribution >= 0.6 is 35.5 Å². The molecule has 1 aliphatic heterocycles. The number of imidazole rings is 1. The molecule has 0 bridgehead atoms. The summed E-state index contributed by atoms with van der Waals surface area (Å²) in [6, 6.07) is 2.13. The van der Waals surface area contributed by atoms with Crippen molar-refractivity contribution in [3.05, 3.63) is 24.2 Å². The topological polar surface area (TPSA) is 80.3 Å². The van der Waals surface area contributed by atoms with Gasteiger partial charge >= 0.3 is 0 Å². The number of alkyl halides is 2. The van der Waals surface area contributed by atoms with Crippen molar-refractivity contribution in [3.63, 3.8) is 0 Å². The Morgan fingerprint density at radius 3 is 2.61 bits per heavy atom. The first-order valence-corrected chi connectivity index (χ1v) is 13.1. The summed E-state index contributed by atoms with van der Waals surface area (Å²) in [6.45, 7) is 4.06. The molecule has 0 amide bonds. The van der Waals surface area contributed by atoms with E-state index in [1.807, 2.05) is 22.4 Å². The molecule has 4 rings (SSSR count). The van der Waals surface area contributed by atoms with E-state index in [2.05, 4.69) is 33.9 Å². The van der Waals surface area contributed by atoms with E-state index in [0.717, 1.165) is 49.4 Å². The maximum Gasteiger partial charge on any atom is 0.285 e. The number of halogens is 2. The molecule has 3 heterocycles. The second-order valence-electron chi connectivity index (χ2n) is 8.18. The molecule has 2 aromatic rings. The largest absolute Gasteiger partial charge is 0.368 e. The van der Waals surface area contributed by atoms with E-state index in [0.29, 0.717) is 28.4 Å². The van der Waals surface area contributed by atoms with Crippen LogP contribution in [0.2, 0.25) is 0 Å². The second kappa shape index (κ2) is 9.29. The smallest absolute Gasteiger partial charge is 0.285 e. The van der Waals surface area contributed by atoms with E-state index >= 15 is 0 Å². The van der Waals surface area contributed by atoms with Crippen molar-refractivity contribution in [2.75, 3.05) is 24.2 Å². The quantitative estimate of drug-likeness (QED) is 0.288. The molecule has 0 atom stereocenters. The number of thioether (sulfide) groups is 2. The number of aromatic nitrogens is 2. The van der Waals surface area contributed by atoms with Crippen LogP contribution in [0.15, 0.2) is 23.4 Å². The van der Waals surface area contributed by atoms with E-state index in [1.165, 1.54) is 0 Å². The first-order chi connectivity index (χ1) is 14.8. The maximum absolute atomic E-state index is 12.8. The Morgan fingerprint density at radius 2 is 2.00 bits per heavy atom. The van der Waals surface area contributed by atoms with Gasteiger partial charge < -0.3 is 4.90 Å². The Hall–Kier alpha value is -1.30. The van der Waals surface area contributed by atoms with Crippen molar-refractivity contribution in [2.45, 2.75) is 54.7 Å². The van der Waals surface area contributed by atoms with Gasteiger partial charge in [0.15, 0.2) is 5.65 Å². The second-order valence-corrected chi connectivity index (χ2v) is 11.3. The van der Waals surface area contributed by atoms with Crippen molar-refractivity contribution < 1.29 is 8.78 Å². The molecule has 1 saturated heterocycles. The van der Waals surface area contributed by atoms with Gasteiger partial charge in [0.2, 0.25) is 0 Å². The van der Waals surface area contributed by atoms with Gasteiger partial charge in [0.05, 0.1) is 17.6 Å². The lowest BCUT2D eigenvalue weighted by atomic mass is 10.1. The molecule has 168 valence electrons. The zero-order valence-electron chi connectivity index (χ0n) is 17.5. The van der Waals surface area contributed by atoms with Crippen LogP contribution in [0.4, 0.5) is 14.5 Å². The molecule has 3 N–H and O–H groups in total. The van der Waals surface area contributed by atoms with Crippen molar-refractivity contribution >= 4 is 56.9 Å². The van der Waals surface area contributed by atoms with Gasteiger partial charge in [-0.3, -0.25) is 19.9 Å². The van der Waals surface area contributed by atoms with Gasteiger partial charge in [-0.2, -0.15) is 11.8 Å². The maximum atomic E-state index is 12.8. The van der Waals surface area contributed by atoms with Crippen LogP contribution < -0.4 is 9.62 Å². The predicted octanol–water partition coefficient (Wildman–Crippen LogP) is 5.12. The van der Waals surface area contributed by atoms with Crippen LogP contribution in [0.3, 0.4) is 0 Å². The Kier molecular flexibility index (Phi) is 6.85. The number of hydrogen-bond acceptors (Lipinski definition) is 8. The molecule has 0 unspecified atom stereocenters. The summed E-state index contributed by atoms with van der Waals surface area (Å²) in [5.41, 5.74) is 2.29. The van der Waals surface area contributed by atoms with Gasteiger partial charge in [0.25, 0.3) is 6.43 Å². The summed E-state index contributed by atoms with van der Waals surface area (Å²) < 4.78 is 30.9. The first-order valence-electron chi connectivity index (χ1n) is 10.2. The highest BCUT2D eigenvalue weighted by Crippen LogP contribution is 2.39. The summed E-state index contributed by atoms with van der Waals surface area (Å²) in [6.07, 6.45) is 7.22. The minimum atomic E-state index is -2.88. The minimum absolute atomic E-state index is 0.103. The number of piperidine rings is 1. The fourth-order valence-corrected chi connectivity index (χ4v) is 5.66. The molecule has 0 radical (unpaired) electrons. The summed E-state index contributed by atoms with van der Waals surface area (Å²) >= 11 is 3.95. The molecular weight excluding hydrogens is 458 g/mol. The third-order valence-corrected chi connectivity index (χ3v) is 8.74. The highest BCUT2D eigenvalue weighted by Gasteiger charge is 2.37. The molecule has 6 nitrogen and oxygen atoms in total. The molecule has 2 fully saturated rings. The van der Waals surface area contributed by atoms with Gasteiger partial charge in [0, 0.05) is 35.0 Å². The van der Waals surface area contributed by atoms with Crippen LogP contribution in [0.25, 0.3) is 5.65 Å². The third kappa shape index (κ3) is 5.20. The number of fused-ring (bicyclic) bond motifs is 1. The third-order valence-electron chi connectivity index (χ3n) is 5.74. The van der Waals surface area contributed by atoms with E-state index in [9.17, 15) is 8.78 Å². The zero-order chi connectivity index (χ0) is 22.2. The Balaban J connectivity index is 1.67. The molecule has 1 saturated carbocycles. The van der Waals surface area contributed by atoms with Crippen LogP contribution in [0, 0.1) is 10.8 Å². The van der Waals surface area contributed by atoms with Gasteiger partial charge in [-0.05, 0) is 68.6 Å². The number of pyridine rings is 1. The molecule has 1 aliphatic carbocycles. The summed E-state index contributed by atoms with van der Waals surface area (Å²) in [5.74, 6) is 0. The fraction of sp³-hybridized carbons (Fsp3) is 0.550. The zero-order valence-corrected chi connectivity index (χ0v) is 19.9. The number of nitrogens with one attached hydrogen (secondary N) is 3. The minimum Gasteiger partial charge on any atom is -0.368 e. The molecule has 31 heavy (non-hydrogen) atoms. The van der Waals surface area contributed by atoms with E-state index in [4.69, 9.17) is 10.8 Å². The normalized spacial score (nSPS) is 18.7. The molecule has 2 aromatic heterocycles. The SMILES string of the molecule is CSC1CCN(c2cc(SNC3(C)CC3)cn3c(C(=N)SC(=N)C(F)F)cnc23)CC1. The monoisotopic (exact) mass is 484 g/mol. The lowest BCUT2D eigenvalue weighted by Crippen LogP contribution is -2.35. The van der Waals surface area contributed by atoms with Crippen molar-refractivity contribution in [3.8, 4) is 0 Å². The number of hydrogen-bond donors (Lipinski definition) is 3. The first kappa shape index (κ1) is 22.9. The van der Waals surface area contributed by atoms with Gasteiger partial charge in [-0.1, -0.05) is 0 Å². The standard InChI is InChI=1S/C20H26F2N6S3/c1-20(5-6-20)26-31-13-9-14(27-7-3-12(29-2)4-8-27)19-25-10-15(28(19)11-13)17(23)30-18(24)16(21)22/h9-12,16,23-24,26H,3-8H2,1-2H3. The van der Waals surface area contributed by atoms with Crippen LogP contribution in [-0.2, 0) is 0 Å². The summed E-state index contributed by atoms with van der Waals surface area (Å²) in [5, 5.41) is 15.5. The Bertz CT molecular complexity index is 983. The molecular formula is C20H26F2N6S3. The van der Waals surface area contributed by atoms with Crippen molar-refractivity contribution in [1.29, 1.82) is 10.8 Å². The molecule has 2 aliphatic rings. The number of rotatable bonds is 7. The van der Waals surface area contributed by atoms with Crippen molar-refractivity contribution in [2.24, 2.45) is 0 Å². The lowest BCUT2D eigenvalue weighted by Gasteiger charge is -2.33. The van der Waals surface area contributed by atoms with Crippen LogP contribution in [0.1, 0.15) is 38.3 Å². The number of nitrogens with zero attached hydrogens (tertiary/aromatic N) is 3. The average Bonchev–Trinajstić information content (AvgIpc) is 3.34. The summed E-state index contributed by atoms with van der Waals surface area (Å²) in [4.78, 5) is 7.87. The average molecular weight is 485 g/mol. The highest BCUT2D eigenvalue weighted by atomic mass is 32.2. The van der Waals surface area contributed by atoms with Crippen LogP contribution in [0.5, 0.6) is 0 Å². The van der Waals surface area contributed by atoms with E-state index in [1.54, 1.807) is 18.1 Å². The van der Waals surface area contributed by atoms with Crippen molar-refractivity contribution in [1.82, 2.24) is 14.1 Å². The summed E-state index contributed by atoms with van der Waals surface area (Å²) in [7, 11) is 0. The molecule has 11 heteroatoms. The Labute approximate surface area is 193 Å².